The molecule has 2 nitrogen and oxygen atoms in total. The molecule has 0 aromatic carbocycles. The molecular formula is C10H18O2. The lowest BCUT2D eigenvalue weighted by Gasteiger charge is -2.32. The quantitative estimate of drug-likeness (QED) is 0.633. The van der Waals surface area contributed by atoms with Gasteiger partial charge in [-0.15, -0.1) is 0 Å². The minimum absolute atomic E-state index is 0.106. The van der Waals surface area contributed by atoms with Crippen LogP contribution in [0.25, 0.3) is 0 Å². The van der Waals surface area contributed by atoms with Crippen molar-refractivity contribution in [1.29, 1.82) is 0 Å². The van der Waals surface area contributed by atoms with Crippen LogP contribution in [0, 0.1) is 5.92 Å². The minimum Gasteiger partial charge on any atom is -0.353 e. The molecule has 0 radical (unpaired) electrons. The lowest BCUT2D eigenvalue weighted by molar-refractivity contribution is -0.201. The Morgan fingerprint density at radius 1 is 1.25 bits per heavy atom. The Hall–Kier alpha value is -0.0800. The highest BCUT2D eigenvalue weighted by molar-refractivity contribution is 4.82. The minimum atomic E-state index is 0.106. The molecule has 2 heteroatoms. The van der Waals surface area contributed by atoms with Crippen molar-refractivity contribution in [3.8, 4) is 0 Å². The van der Waals surface area contributed by atoms with Crippen molar-refractivity contribution in [3.63, 3.8) is 0 Å². The van der Waals surface area contributed by atoms with Gasteiger partial charge in [0.25, 0.3) is 0 Å². The van der Waals surface area contributed by atoms with E-state index >= 15 is 0 Å². The average Bonchev–Trinajstić information content (AvgIpc) is 2.51. The molecule has 1 heterocycles. The van der Waals surface area contributed by atoms with Crippen molar-refractivity contribution >= 4 is 0 Å². The number of fused-ring (bicyclic) bond motifs is 1. The molecule has 2 fully saturated rings. The zero-order chi connectivity index (χ0) is 8.39. The summed E-state index contributed by atoms with van der Waals surface area (Å²) in [6.45, 7) is 2.81. The molecule has 0 N–H and O–H groups in total. The van der Waals surface area contributed by atoms with Crippen molar-refractivity contribution in [2.24, 2.45) is 5.92 Å². The van der Waals surface area contributed by atoms with Gasteiger partial charge in [-0.1, -0.05) is 6.42 Å². The number of hydrogen-bond donors (Lipinski definition) is 0. The van der Waals surface area contributed by atoms with Crippen molar-refractivity contribution in [2.45, 2.75) is 51.4 Å². The van der Waals surface area contributed by atoms with Crippen LogP contribution in [0.3, 0.4) is 0 Å². The molecule has 1 aliphatic heterocycles. The van der Waals surface area contributed by atoms with E-state index in [4.69, 9.17) is 9.47 Å². The Labute approximate surface area is 74.2 Å². The second-order valence-electron chi connectivity index (χ2n) is 3.83. The average molecular weight is 170 g/mol. The third kappa shape index (κ3) is 1.64. The summed E-state index contributed by atoms with van der Waals surface area (Å²) in [6, 6.07) is 0. The first-order valence-electron chi connectivity index (χ1n) is 5.17. The molecule has 2 rings (SSSR count). The fraction of sp³-hybridized carbons (Fsp3) is 1.00. The maximum Gasteiger partial charge on any atom is 0.157 e. The van der Waals surface area contributed by atoms with Crippen LogP contribution in [0.5, 0.6) is 0 Å². The largest absolute Gasteiger partial charge is 0.353 e. The highest BCUT2D eigenvalue weighted by Gasteiger charge is 2.34. The van der Waals surface area contributed by atoms with Crippen LogP contribution in [-0.4, -0.2) is 19.0 Å². The van der Waals surface area contributed by atoms with Gasteiger partial charge in [-0.25, -0.2) is 0 Å². The maximum absolute atomic E-state index is 5.83. The zero-order valence-electron chi connectivity index (χ0n) is 7.79. The van der Waals surface area contributed by atoms with E-state index in [1.54, 1.807) is 0 Å². The van der Waals surface area contributed by atoms with Crippen molar-refractivity contribution in [1.82, 2.24) is 0 Å². The summed E-state index contributed by atoms with van der Waals surface area (Å²) in [7, 11) is 0. The second-order valence-corrected chi connectivity index (χ2v) is 3.83. The van der Waals surface area contributed by atoms with Crippen LogP contribution in [0.4, 0.5) is 0 Å². The summed E-state index contributed by atoms with van der Waals surface area (Å²) < 4.78 is 11.3. The molecule has 1 saturated heterocycles. The van der Waals surface area contributed by atoms with Crippen LogP contribution in [0.1, 0.15) is 39.0 Å². The van der Waals surface area contributed by atoms with Crippen molar-refractivity contribution in [2.75, 3.05) is 6.61 Å². The monoisotopic (exact) mass is 170 g/mol. The predicted molar refractivity (Wildman–Crippen MR) is 46.9 cm³/mol. The fourth-order valence-electron chi connectivity index (χ4n) is 2.43. The van der Waals surface area contributed by atoms with Crippen LogP contribution < -0.4 is 0 Å². The molecule has 0 aromatic heterocycles. The maximum atomic E-state index is 5.83. The summed E-state index contributed by atoms with van der Waals surface area (Å²) in [6.07, 6.45) is 7.04. The molecule has 3 atom stereocenters. The summed E-state index contributed by atoms with van der Waals surface area (Å²) in [5, 5.41) is 0. The van der Waals surface area contributed by atoms with E-state index in [0.717, 1.165) is 18.9 Å². The van der Waals surface area contributed by atoms with Gasteiger partial charge in [-0.2, -0.15) is 0 Å². The number of hydrogen-bond acceptors (Lipinski definition) is 2. The summed E-state index contributed by atoms with van der Waals surface area (Å²) >= 11 is 0. The van der Waals surface area contributed by atoms with Gasteiger partial charge in [0, 0.05) is 6.61 Å². The molecule has 1 aliphatic carbocycles. The first kappa shape index (κ1) is 8.52. The number of rotatable bonds is 2. The van der Waals surface area contributed by atoms with Gasteiger partial charge in [0.2, 0.25) is 0 Å². The van der Waals surface area contributed by atoms with E-state index in [1.165, 1.54) is 25.7 Å². The molecule has 2 aliphatic rings. The second kappa shape index (κ2) is 3.75. The topological polar surface area (TPSA) is 18.5 Å². The van der Waals surface area contributed by atoms with E-state index in [2.05, 4.69) is 0 Å². The SMILES string of the molecule is CCO[C@@H]1CC[C@H]2CCC[C@@H]2O1. The van der Waals surface area contributed by atoms with Gasteiger partial charge >= 0.3 is 0 Å². The Bertz CT molecular complexity index is 147. The molecule has 0 spiro atoms. The molecule has 0 aromatic rings. The van der Waals surface area contributed by atoms with Gasteiger partial charge in [0.15, 0.2) is 6.29 Å². The van der Waals surface area contributed by atoms with Gasteiger partial charge < -0.3 is 9.47 Å². The molecule has 0 unspecified atom stereocenters. The van der Waals surface area contributed by atoms with E-state index in [1.807, 2.05) is 6.92 Å². The smallest absolute Gasteiger partial charge is 0.157 e. The van der Waals surface area contributed by atoms with Crippen molar-refractivity contribution in [3.05, 3.63) is 0 Å². The third-order valence-corrected chi connectivity index (χ3v) is 3.04. The summed E-state index contributed by atoms with van der Waals surface area (Å²) in [4.78, 5) is 0. The van der Waals surface area contributed by atoms with E-state index < -0.39 is 0 Å². The normalized spacial score (nSPS) is 41.2. The fourth-order valence-corrected chi connectivity index (χ4v) is 2.43. The molecule has 12 heavy (non-hydrogen) atoms. The standard InChI is InChI=1S/C10H18O2/c1-2-11-10-7-6-8-4-3-5-9(8)12-10/h8-10H,2-7H2,1H3/t8-,9+,10+/m1/s1. The Balaban J connectivity index is 1.84. The predicted octanol–water partition coefficient (Wildman–Crippen LogP) is 2.33. The molecule has 70 valence electrons. The Morgan fingerprint density at radius 3 is 3.00 bits per heavy atom. The third-order valence-electron chi connectivity index (χ3n) is 3.04. The van der Waals surface area contributed by atoms with Crippen LogP contribution in [-0.2, 0) is 9.47 Å². The van der Waals surface area contributed by atoms with Gasteiger partial charge in [-0.3, -0.25) is 0 Å². The highest BCUT2D eigenvalue weighted by Crippen LogP contribution is 2.37. The summed E-state index contributed by atoms with van der Waals surface area (Å²) in [5.41, 5.74) is 0. The molecule has 0 amide bonds. The first-order chi connectivity index (χ1) is 5.90. The Morgan fingerprint density at radius 2 is 2.17 bits per heavy atom. The van der Waals surface area contributed by atoms with E-state index in [9.17, 15) is 0 Å². The van der Waals surface area contributed by atoms with Gasteiger partial charge in [-0.05, 0) is 38.5 Å². The van der Waals surface area contributed by atoms with Gasteiger partial charge in [0.05, 0.1) is 6.10 Å². The van der Waals surface area contributed by atoms with E-state index in [-0.39, 0.29) is 6.29 Å². The first-order valence-corrected chi connectivity index (χ1v) is 5.17. The Kier molecular flexibility index (Phi) is 2.66. The van der Waals surface area contributed by atoms with Crippen LogP contribution in [0.2, 0.25) is 0 Å². The number of ether oxygens (including phenoxy) is 2. The summed E-state index contributed by atoms with van der Waals surface area (Å²) in [5.74, 6) is 0.849. The van der Waals surface area contributed by atoms with E-state index in [0.29, 0.717) is 6.10 Å². The molecule has 0 bridgehead atoms. The van der Waals surface area contributed by atoms with Crippen molar-refractivity contribution < 1.29 is 9.47 Å². The highest BCUT2D eigenvalue weighted by atomic mass is 16.7. The molecule has 1 saturated carbocycles. The zero-order valence-corrected chi connectivity index (χ0v) is 7.79. The lowest BCUT2D eigenvalue weighted by atomic mass is 9.97. The van der Waals surface area contributed by atoms with Gasteiger partial charge in [0.1, 0.15) is 0 Å². The van der Waals surface area contributed by atoms with Crippen LogP contribution >= 0.6 is 0 Å². The molecular weight excluding hydrogens is 152 g/mol. The lowest BCUT2D eigenvalue weighted by Crippen LogP contribution is -2.33. The van der Waals surface area contributed by atoms with Crippen LogP contribution in [0.15, 0.2) is 0 Å².